The molecule has 1 aliphatic heterocycles. The maximum absolute atomic E-state index is 13.2. The molecule has 0 spiro atoms. The zero-order valence-corrected chi connectivity index (χ0v) is 19.0. The highest BCUT2D eigenvalue weighted by atomic mass is 35.5. The number of ether oxygens (including phenoxy) is 1. The maximum Gasteiger partial charge on any atom is 0.309 e. The number of hydrogen-bond donors (Lipinski definition) is 1. The van der Waals surface area contributed by atoms with Gasteiger partial charge < -0.3 is 15.0 Å². The highest BCUT2D eigenvalue weighted by Crippen LogP contribution is 2.39. The number of piperidine rings is 1. The van der Waals surface area contributed by atoms with Crippen LogP contribution in [0.1, 0.15) is 30.2 Å². The Morgan fingerprint density at radius 3 is 2.68 bits per heavy atom. The number of carbonyl (C=O) groups excluding carboxylic acids is 1. The van der Waals surface area contributed by atoms with E-state index in [9.17, 15) is 9.18 Å². The molecule has 0 bridgehead atoms. The molecule has 0 radical (unpaired) electrons. The van der Waals surface area contributed by atoms with E-state index in [0.29, 0.717) is 55.9 Å². The molecule has 1 N–H and O–H groups in total. The lowest BCUT2D eigenvalue weighted by Crippen LogP contribution is -2.38. The van der Waals surface area contributed by atoms with E-state index in [1.807, 2.05) is 13.8 Å². The van der Waals surface area contributed by atoms with Gasteiger partial charge >= 0.3 is 5.97 Å². The molecule has 4 rings (SSSR count). The summed E-state index contributed by atoms with van der Waals surface area (Å²) in [5, 5.41) is 4.80. The van der Waals surface area contributed by atoms with Crippen LogP contribution in [-0.2, 0) is 16.1 Å². The molecule has 0 saturated carbocycles. The molecule has 3 heterocycles. The fourth-order valence-corrected chi connectivity index (χ4v) is 4.96. The SMILES string of the molecule is CCOC(=O)C1CCN(c2nc(NCc3ccc(F)cc3)c3c(Cl)c(C)sc3n2)CC1. The fraction of sp³-hybridized carbons (Fsp3) is 0.409. The zero-order chi connectivity index (χ0) is 22.0. The van der Waals surface area contributed by atoms with Crippen LogP contribution in [0, 0.1) is 18.7 Å². The van der Waals surface area contributed by atoms with Gasteiger partial charge in [0, 0.05) is 24.5 Å². The van der Waals surface area contributed by atoms with E-state index in [4.69, 9.17) is 26.3 Å². The van der Waals surface area contributed by atoms with Gasteiger partial charge in [-0.1, -0.05) is 23.7 Å². The number of thiophene rings is 1. The van der Waals surface area contributed by atoms with Gasteiger partial charge in [0.05, 0.1) is 22.9 Å². The van der Waals surface area contributed by atoms with E-state index in [1.165, 1.54) is 23.5 Å². The number of nitrogens with one attached hydrogen (secondary N) is 1. The summed E-state index contributed by atoms with van der Waals surface area (Å²) < 4.78 is 18.4. The Balaban J connectivity index is 1.57. The Morgan fingerprint density at radius 2 is 2.00 bits per heavy atom. The number of anilines is 2. The lowest BCUT2D eigenvalue weighted by molar-refractivity contribution is -0.148. The second kappa shape index (κ2) is 9.36. The number of benzene rings is 1. The van der Waals surface area contributed by atoms with Gasteiger partial charge in [-0.05, 0) is 44.4 Å². The largest absolute Gasteiger partial charge is 0.466 e. The van der Waals surface area contributed by atoms with Crippen LogP contribution in [0.25, 0.3) is 10.2 Å². The van der Waals surface area contributed by atoms with Gasteiger partial charge in [-0.15, -0.1) is 11.3 Å². The van der Waals surface area contributed by atoms with Crippen molar-refractivity contribution in [3.63, 3.8) is 0 Å². The van der Waals surface area contributed by atoms with Crippen LogP contribution < -0.4 is 10.2 Å². The van der Waals surface area contributed by atoms with E-state index in [-0.39, 0.29) is 17.7 Å². The molecule has 0 aliphatic carbocycles. The normalized spacial score (nSPS) is 14.8. The van der Waals surface area contributed by atoms with Crippen molar-refractivity contribution >= 4 is 50.9 Å². The van der Waals surface area contributed by atoms with Crippen molar-refractivity contribution in [2.45, 2.75) is 33.2 Å². The molecule has 1 aromatic carbocycles. The van der Waals surface area contributed by atoms with E-state index < -0.39 is 0 Å². The molecule has 164 valence electrons. The van der Waals surface area contributed by atoms with E-state index in [0.717, 1.165) is 20.7 Å². The quantitative estimate of drug-likeness (QED) is 0.509. The predicted octanol–water partition coefficient (Wildman–Crippen LogP) is 5.18. The van der Waals surface area contributed by atoms with Crippen LogP contribution in [0.3, 0.4) is 0 Å². The van der Waals surface area contributed by atoms with Crippen molar-refractivity contribution in [3.8, 4) is 0 Å². The van der Waals surface area contributed by atoms with Crippen LogP contribution in [0.2, 0.25) is 5.02 Å². The second-order valence-corrected chi connectivity index (χ2v) is 9.10. The summed E-state index contributed by atoms with van der Waals surface area (Å²) in [7, 11) is 0. The Bertz CT molecular complexity index is 1080. The van der Waals surface area contributed by atoms with Crippen molar-refractivity contribution in [2.75, 3.05) is 29.9 Å². The number of hydrogen-bond acceptors (Lipinski definition) is 7. The predicted molar refractivity (Wildman–Crippen MR) is 122 cm³/mol. The average Bonchev–Trinajstić information content (AvgIpc) is 3.07. The summed E-state index contributed by atoms with van der Waals surface area (Å²) in [6, 6.07) is 6.35. The summed E-state index contributed by atoms with van der Waals surface area (Å²) >= 11 is 8.08. The van der Waals surface area contributed by atoms with Crippen LogP contribution in [0.4, 0.5) is 16.2 Å². The van der Waals surface area contributed by atoms with Crippen molar-refractivity contribution in [3.05, 3.63) is 45.5 Å². The van der Waals surface area contributed by atoms with Gasteiger partial charge in [0.1, 0.15) is 16.5 Å². The molecule has 9 heteroatoms. The minimum absolute atomic E-state index is 0.0746. The first-order valence-corrected chi connectivity index (χ1v) is 11.5. The van der Waals surface area contributed by atoms with Crippen LogP contribution in [-0.4, -0.2) is 35.6 Å². The topological polar surface area (TPSA) is 67.3 Å². The third kappa shape index (κ3) is 4.75. The number of aromatic nitrogens is 2. The van der Waals surface area contributed by atoms with Crippen LogP contribution in [0.5, 0.6) is 0 Å². The summed E-state index contributed by atoms with van der Waals surface area (Å²) in [5.74, 6) is 0.814. The smallest absolute Gasteiger partial charge is 0.309 e. The molecule has 1 fully saturated rings. The van der Waals surface area contributed by atoms with Gasteiger partial charge in [-0.2, -0.15) is 4.98 Å². The average molecular weight is 463 g/mol. The minimum atomic E-state index is -0.266. The number of esters is 1. The third-order valence-corrected chi connectivity index (χ3v) is 7.00. The minimum Gasteiger partial charge on any atom is -0.466 e. The number of rotatable bonds is 6. The summed E-state index contributed by atoms with van der Waals surface area (Å²) in [4.78, 5) is 25.5. The van der Waals surface area contributed by atoms with Crippen LogP contribution in [0.15, 0.2) is 24.3 Å². The molecule has 3 aromatic rings. The van der Waals surface area contributed by atoms with Gasteiger partial charge in [0.2, 0.25) is 5.95 Å². The first-order chi connectivity index (χ1) is 15.0. The highest BCUT2D eigenvalue weighted by Gasteiger charge is 2.28. The van der Waals surface area contributed by atoms with E-state index in [2.05, 4.69) is 10.2 Å². The number of aryl methyl sites for hydroxylation is 1. The van der Waals surface area contributed by atoms with Crippen LogP contribution >= 0.6 is 22.9 Å². The lowest BCUT2D eigenvalue weighted by Gasteiger charge is -2.31. The molecule has 1 aliphatic rings. The second-order valence-electron chi connectivity index (χ2n) is 7.52. The van der Waals surface area contributed by atoms with E-state index in [1.54, 1.807) is 12.1 Å². The third-order valence-electron chi connectivity index (χ3n) is 5.41. The summed E-state index contributed by atoms with van der Waals surface area (Å²) in [6.07, 6.45) is 1.42. The molecule has 2 aromatic heterocycles. The first-order valence-electron chi connectivity index (χ1n) is 10.3. The monoisotopic (exact) mass is 462 g/mol. The number of carbonyl (C=O) groups is 1. The molecule has 1 saturated heterocycles. The molecule has 6 nitrogen and oxygen atoms in total. The Hall–Kier alpha value is -2.45. The lowest BCUT2D eigenvalue weighted by atomic mass is 9.97. The molecule has 0 atom stereocenters. The zero-order valence-electron chi connectivity index (χ0n) is 17.5. The molecule has 0 amide bonds. The van der Waals surface area contributed by atoms with Crippen molar-refractivity contribution < 1.29 is 13.9 Å². The molecule has 31 heavy (non-hydrogen) atoms. The van der Waals surface area contributed by atoms with Crippen molar-refractivity contribution in [1.29, 1.82) is 0 Å². The first kappa shape index (κ1) is 21.8. The van der Waals surface area contributed by atoms with Gasteiger partial charge in [-0.3, -0.25) is 4.79 Å². The molecular formula is C22H24ClFN4O2S. The van der Waals surface area contributed by atoms with Crippen molar-refractivity contribution in [2.24, 2.45) is 5.92 Å². The van der Waals surface area contributed by atoms with E-state index >= 15 is 0 Å². The van der Waals surface area contributed by atoms with Gasteiger partial charge in [0.15, 0.2) is 0 Å². The number of halogens is 2. The summed E-state index contributed by atoms with van der Waals surface area (Å²) in [6.45, 7) is 6.05. The van der Waals surface area contributed by atoms with Gasteiger partial charge in [-0.25, -0.2) is 9.37 Å². The molecule has 0 unspecified atom stereocenters. The van der Waals surface area contributed by atoms with Crippen molar-refractivity contribution in [1.82, 2.24) is 9.97 Å². The number of fused-ring (bicyclic) bond motifs is 1. The fourth-order valence-electron chi connectivity index (χ4n) is 3.70. The Kier molecular flexibility index (Phi) is 6.57. The number of nitrogens with zero attached hydrogens (tertiary/aromatic N) is 3. The maximum atomic E-state index is 13.2. The highest BCUT2D eigenvalue weighted by molar-refractivity contribution is 7.19. The Morgan fingerprint density at radius 1 is 1.29 bits per heavy atom. The Labute approximate surface area is 189 Å². The summed E-state index contributed by atoms with van der Waals surface area (Å²) in [5.41, 5.74) is 0.938. The standard InChI is InChI=1S/C22H24ClFN4O2S/c1-3-30-21(29)15-8-10-28(11-9-15)22-26-19(17-18(23)13(2)31-20(17)27-22)25-12-14-4-6-16(24)7-5-14/h4-7,15H,3,8-12H2,1-2H3,(H,25,26,27). The van der Waals surface area contributed by atoms with Gasteiger partial charge in [0.25, 0.3) is 0 Å². The molecular weight excluding hydrogens is 439 g/mol.